The van der Waals surface area contributed by atoms with Crippen LogP contribution in [0.5, 0.6) is 0 Å². The van der Waals surface area contributed by atoms with Gasteiger partial charge in [-0.25, -0.2) is 0 Å². The largest absolute Gasteiger partial charge is 0.355 e. The van der Waals surface area contributed by atoms with E-state index in [0.717, 1.165) is 12.5 Å². The number of carbonyl (C=O) groups is 1. The number of carbonyl (C=O) groups excluding carboxylic acids is 1. The van der Waals surface area contributed by atoms with E-state index in [4.69, 9.17) is 0 Å². The molecule has 1 aliphatic carbocycles. The molecule has 17 heavy (non-hydrogen) atoms. The van der Waals surface area contributed by atoms with Crippen LogP contribution in [-0.2, 0) is 4.79 Å². The maximum absolute atomic E-state index is 11.6. The molecule has 0 unspecified atom stereocenters. The average molecular weight is 249 g/mol. The first kappa shape index (κ1) is 12.5. The van der Waals surface area contributed by atoms with Gasteiger partial charge in [-0.2, -0.15) is 0 Å². The molecule has 0 aliphatic heterocycles. The van der Waals surface area contributed by atoms with E-state index in [-0.39, 0.29) is 5.91 Å². The van der Waals surface area contributed by atoms with Gasteiger partial charge in [-0.15, -0.1) is 11.8 Å². The van der Waals surface area contributed by atoms with Gasteiger partial charge < -0.3 is 5.32 Å². The second-order valence-corrected chi connectivity index (χ2v) is 5.82. The van der Waals surface area contributed by atoms with Gasteiger partial charge in [0.2, 0.25) is 5.91 Å². The lowest BCUT2D eigenvalue weighted by atomic mass is 10.2. The molecule has 0 radical (unpaired) electrons. The maximum Gasteiger partial charge on any atom is 0.230 e. The summed E-state index contributed by atoms with van der Waals surface area (Å²) >= 11 is 1.63. The van der Waals surface area contributed by atoms with Crippen LogP contribution in [0.2, 0.25) is 0 Å². The highest BCUT2D eigenvalue weighted by molar-refractivity contribution is 8.00. The fraction of sp³-hybridized carbons (Fsp3) is 0.500. The van der Waals surface area contributed by atoms with Crippen LogP contribution in [0.15, 0.2) is 23.1 Å². The van der Waals surface area contributed by atoms with Gasteiger partial charge in [0.1, 0.15) is 0 Å². The summed E-state index contributed by atoms with van der Waals surface area (Å²) in [5, 5.41) is 2.99. The van der Waals surface area contributed by atoms with Crippen LogP contribution in [0.3, 0.4) is 0 Å². The smallest absolute Gasteiger partial charge is 0.230 e. The van der Waals surface area contributed by atoms with E-state index in [9.17, 15) is 4.79 Å². The zero-order chi connectivity index (χ0) is 12.3. The van der Waals surface area contributed by atoms with Crippen molar-refractivity contribution in [1.29, 1.82) is 0 Å². The topological polar surface area (TPSA) is 29.1 Å². The lowest BCUT2D eigenvalue weighted by Gasteiger charge is -2.07. The molecule has 92 valence electrons. The molecule has 1 fully saturated rings. The zero-order valence-electron chi connectivity index (χ0n) is 10.5. The van der Waals surface area contributed by atoms with Crippen LogP contribution in [0.4, 0.5) is 0 Å². The maximum atomic E-state index is 11.6. The Labute approximate surface area is 107 Å². The number of amides is 1. The summed E-state index contributed by atoms with van der Waals surface area (Å²) < 4.78 is 0. The monoisotopic (exact) mass is 249 g/mol. The molecule has 1 amide bonds. The summed E-state index contributed by atoms with van der Waals surface area (Å²) in [6.45, 7) is 5.03. The first-order chi connectivity index (χ1) is 8.15. The van der Waals surface area contributed by atoms with Crippen molar-refractivity contribution in [2.75, 3.05) is 12.3 Å². The minimum Gasteiger partial charge on any atom is -0.355 e. The average Bonchev–Trinajstić information content (AvgIpc) is 3.11. The van der Waals surface area contributed by atoms with Gasteiger partial charge in [-0.3, -0.25) is 4.79 Å². The van der Waals surface area contributed by atoms with Crippen molar-refractivity contribution in [3.8, 4) is 0 Å². The number of hydrogen-bond donors (Lipinski definition) is 1. The Morgan fingerprint density at radius 1 is 1.41 bits per heavy atom. The second-order valence-electron chi connectivity index (χ2n) is 4.81. The van der Waals surface area contributed by atoms with Crippen LogP contribution >= 0.6 is 11.8 Å². The van der Waals surface area contributed by atoms with Crippen molar-refractivity contribution in [3.63, 3.8) is 0 Å². The van der Waals surface area contributed by atoms with E-state index in [1.54, 1.807) is 11.8 Å². The van der Waals surface area contributed by atoms with Gasteiger partial charge in [-0.1, -0.05) is 17.7 Å². The normalized spacial score (nSPS) is 14.7. The van der Waals surface area contributed by atoms with E-state index < -0.39 is 0 Å². The lowest BCUT2D eigenvalue weighted by molar-refractivity contribution is -0.118. The highest BCUT2D eigenvalue weighted by Gasteiger charge is 2.21. The van der Waals surface area contributed by atoms with Crippen molar-refractivity contribution in [2.45, 2.75) is 31.6 Å². The zero-order valence-corrected chi connectivity index (χ0v) is 11.3. The summed E-state index contributed by atoms with van der Waals surface area (Å²) in [4.78, 5) is 12.8. The Morgan fingerprint density at radius 2 is 2.18 bits per heavy atom. The van der Waals surface area contributed by atoms with Crippen molar-refractivity contribution in [1.82, 2.24) is 5.32 Å². The highest BCUT2D eigenvalue weighted by atomic mass is 32.2. The number of benzene rings is 1. The number of nitrogens with one attached hydrogen (secondary N) is 1. The molecule has 1 saturated carbocycles. The molecule has 0 aromatic heterocycles. The van der Waals surface area contributed by atoms with E-state index in [1.165, 1.54) is 28.9 Å². The summed E-state index contributed by atoms with van der Waals surface area (Å²) in [6.07, 6.45) is 2.56. The molecular formula is C14H19NOS. The fourth-order valence-corrected chi connectivity index (χ4v) is 2.59. The molecule has 2 nitrogen and oxygen atoms in total. The van der Waals surface area contributed by atoms with Crippen molar-refractivity contribution >= 4 is 17.7 Å². The van der Waals surface area contributed by atoms with Gasteiger partial charge in [0.25, 0.3) is 0 Å². The second kappa shape index (κ2) is 5.58. The summed E-state index contributed by atoms with van der Waals surface area (Å²) in [5.74, 6) is 1.43. The van der Waals surface area contributed by atoms with Crippen LogP contribution in [0, 0.1) is 19.8 Å². The molecule has 0 bridgehead atoms. The molecule has 0 atom stereocenters. The first-order valence-corrected chi connectivity index (χ1v) is 7.10. The Morgan fingerprint density at radius 3 is 2.88 bits per heavy atom. The Bertz CT molecular complexity index is 413. The summed E-state index contributed by atoms with van der Waals surface area (Å²) in [7, 11) is 0. The van der Waals surface area contributed by atoms with E-state index >= 15 is 0 Å². The fourth-order valence-electron chi connectivity index (χ4n) is 1.64. The predicted octanol–water partition coefficient (Wildman–Crippen LogP) is 2.92. The first-order valence-electron chi connectivity index (χ1n) is 6.12. The minimum absolute atomic E-state index is 0.155. The van der Waals surface area contributed by atoms with Crippen molar-refractivity contribution in [3.05, 3.63) is 29.3 Å². The van der Waals surface area contributed by atoms with Gasteiger partial charge in [0.15, 0.2) is 0 Å². The minimum atomic E-state index is 0.155. The molecule has 1 aromatic carbocycles. The standard InChI is InChI=1S/C14H19NOS/c1-10-3-4-11(2)13(7-10)17-9-14(16)15-8-12-5-6-12/h3-4,7,12H,5-6,8-9H2,1-2H3,(H,15,16). The quantitative estimate of drug-likeness (QED) is 0.813. The number of thioether (sulfide) groups is 1. The number of hydrogen-bond acceptors (Lipinski definition) is 2. The van der Waals surface area contributed by atoms with E-state index in [0.29, 0.717) is 5.75 Å². The van der Waals surface area contributed by atoms with Gasteiger partial charge in [0.05, 0.1) is 5.75 Å². The third-order valence-corrected chi connectivity index (χ3v) is 4.14. The van der Waals surface area contributed by atoms with Crippen LogP contribution in [0.25, 0.3) is 0 Å². The van der Waals surface area contributed by atoms with E-state index in [1.807, 2.05) is 0 Å². The SMILES string of the molecule is Cc1ccc(C)c(SCC(=O)NCC2CC2)c1. The summed E-state index contributed by atoms with van der Waals surface area (Å²) in [5.41, 5.74) is 2.49. The van der Waals surface area contributed by atoms with Crippen LogP contribution < -0.4 is 5.32 Å². The molecule has 0 saturated heterocycles. The van der Waals surface area contributed by atoms with Gasteiger partial charge in [-0.05, 0) is 44.2 Å². The van der Waals surface area contributed by atoms with E-state index in [2.05, 4.69) is 37.4 Å². The third-order valence-electron chi connectivity index (χ3n) is 2.99. The Kier molecular flexibility index (Phi) is 4.11. The molecule has 3 heteroatoms. The molecule has 1 aromatic rings. The Balaban J connectivity index is 1.79. The van der Waals surface area contributed by atoms with Crippen LogP contribution in [0.1, 0.15) is 24.0 Å². The van der Waals surface area contributed by atoms with Crippen molar-refractivity contribution in [2.24, 2.45) is 5.92 Å². The molecule has 0 spiro atoms. The molecule has 1 aliphatic rings. The highest BCUT2D eigenvalue weighted by Crippen LogP contribution is 2.27. The predicted molar refractivity (Wildman–Crippen MR) is 72.4 cm³/mol. The third kappa shape index (κ3) is 4.08. The molecular weight excluding hydrogens is 230 g/mol. The summed E-state index contributed by atoms with van der Waals surface area (Å²) in [6, 6.07) is 6.36. The molecule has 1 N–H and O–H groups in total. The lowest BCUT2D eigenvalue weighted by Crippen LogP contribution is -2.27. The van der Waals surface area contributed by atoms with Gasteiger partial charge >= 0.3 is 0 Å². The van der Waals surface area contributed by atoms with Crippen LogP contribution in [-0.4, -0.2) is 18.2 Å². The molecule has 0 heterocycles. The molecule has 2 rings (SSSR count). The van der Waals surface area contributed by atoms with Gasteiger partial charge in [0, 0.05) is 11.4 Å². The number of aryl methyl sites for hydroxylation is 2. The van der Waals surface area contributed by atoms with Crippen molar-refractivity contribution < 1.29 is 4.79 Å². The Hall–Kier alpha value is -0.960. The number of rotatable bonds is 5.